The molecule has 0 aliphatic carbocycles. The highest BCUT2D eigenvalue weighted by Gasteiger charge is 2.43. The number of nitrogens with zero attached hydrogens (tertiary/aromatic N) is 2. The first-order valence-electron chi connectivity index (χ1n) is 11.8. The number of carbonyl (C=O) groups is 1. The van der Waals surface area contributed by atoms with Gasteiger partial charge in [0.1, 0.15) is 5.75 Å². The van der Waals surface area contributed by atoms with Crippen LogP contribution in [-0.4, -0.2) is 56.3 Å². The molecule has 2 aromatic rings. The van der Waals surface area contributed by atoms with Crippen molar-refractivity contribution >= 4 is 50.7 Å². The lowest BCUT2D eigenvalue weighted by Gasteiger charge is -2.42. The molecule has 190 valence electrons. The molecule has 1 amide bonds. The van der Waals surface area contributed by atoms with Gasteiger partial charge in [0.25, 0.3) is 0 Å². The van der Waals surface area contributed by atoms with Crippen LogP contribution < -0.4 is 4.74 Å². The number of likely N-dealkylation sites (tertiary alicyclic amines) is 1. The average molecular weight is 560 g/mol. The Bertz CT molecular complexity index is 1130. The van der Waals surface area contributed by atoms with Gasteiger partial charge in [-0.25, -0.2) is 8.42 Å². The van der Waals surface area contributed by atoms with Crippen molar-refractivity contribution in [3.63, 3.8) is 0 Å². The van der Waals surface area contributed by atoms with Crippen molar-refractivity contribution in [3.05, 3.63) is 57.5 Å². The summed E-state index contributed by atoms with van der Waals surface area (Å²) in [5.74, 6) is 0.676. The highest BCUT2D eigenvalue weighted by atomic mass is 35.5. The number of hydrogen-bond donors (Lipinski definition) is 0. The van der Waals surface area contributed by atoms with Crippen molar-refractivity contribution in [2.45, 2.75) is 43.4 Å². The topological polar surface area (TPSA) is 66.9 Å². The van der Waals surface area contributed by atoms with E-state index in [1.54, 1.807) is 24.3 Å². The largest absolute Gasteiger partial charge is 0.493 e. The van der Waals surface area contributed by atoms with Crippen LogP contribution in [0.2, 0.25) is 15.1 Å². The first kappa shape index (κ1) is 26.6. The van der Waals surface area contributed by atoms with Gasteiger partial charge in [-0.15, -0.1) is 0 Å². The number of carbonyl (C=O) groups excluding carboxylic acids is 1. The second-order valence-electron chi connectivity index (χ2n) is 9.41. The highest BCUT2D eigenvalue weighted by Crippen LogP contribution is 2.38. The van der Waals surface area contributed by atoms with Crippen molar-refractivity contribution < 1.29 is 17.9 Å². The summed E-state index contributed by atoms with van der Waals surface area (Å²) in [6.45, 7) is 2.24. The van der Waals surface area contributed by atoms with Crippen molar-refractivity contribution in [1.82, 2.24) is 9.21 Å². The zero-order valence-electron chi connectivity index (χ0n) is 19.4. The molecule has 2 aliphatic rings. The molecule has 0 spiro atoms. The number of ether oxygens (including phenoxy) is 1. The molecule has 1 atom stereocenters. The SMILES string of the molecule is O=C(CC1(COc2ccc(Cl)cc2)CCCN(S(=O)(=O)c2cc(Cl)cc(Cl)c2)C1)N1CCCCC1. The number of hydrogen-bond acceptors (Lipinski definition) is 4. The van der Waals surface area contributed by atoms with Crippen LogP contribution in [0.15, 0.2) is 47.4 Å². The Balaban J connectivity index is 1.59. The van der Waals surface area contributed by atoms with Gasteiger partial charge >= 0.3 is 0 Å². The van der Waals surface area contributed by atoms with Crippen LogP contribution in [0.5, 0.6) is 5.75 Å². The molecule has 0 bridgehead atoms. The molecule has 2 aliphatic heterocycles. The van der Waals surface area contributed by atoms with E-state index in [4.69, 9.17) is 39.5 Å². The summed E-state index contributed by atoms with van der Waals surface area (Å²) in [6.07, 6.45) is 4.64. The first-order chi connectivity index (χ1) is 16.7. The Kier molecular flexibility index (Phi) is 8.54. The fourth-order valence-corrected chi connectivity index (χ4v) is 7.30. The maximum absolute atomic E-state index is 13.5. The smallest absolute Gasteiger partial charge is 0.243 e. The van der Waals surface area contributed by atoms with E-state index in [9.17, 15) is 13.2 Å². The number of piperidine rings is 2. The first-order valence-corrected chi connectivity index (χ1v) is 14.4. The van der Waals surface area contributed by atoms with Gasteiger partial charge in [-0.2, -0.15) is 4.31 Å². The van der Waals surface area contributed by atoms with Gasteiger partial charge in [0, 0.05) is 53.1 Å². The normalized spacial score (nSPS) is 21.6. The summed E-state index contributed by atoms with van der Waals surface area (Å²) in [5, 5.41) is 1.11. The molecule has 0 N–H and O–H groups in total. The molecule has 35 heavy (non-hydrogen) atoms. The number of benzene rings is 2. The lowest BCUT2D eigenvalue weighted by molar-refractivity contribution is -0.136. The predicted octanol–water partition coefficient (Wildman–Crippen LogP) is 5.90. The fourth-order valence-electron chi connectivity index (χ4n) is 4.85. The van der Waals surface area contributed by atoms with Crippen molar-refractivity contribution in [1.29, 1.82) is 0 Å². The van der Waals surface area contributed by atoms with E-state index < -0.39 is 15.4 Å². The molecule has 0 saturated carbocycles. The molecule has 0 aromatic heterocycles. The number of amides is 1. The predicted molar refractivity (Wildman–Crippen MR) is 139 cm³/mol. The van der Waals surface area contributed by atoms with Crippen LogP contribution in [-0.2, 0) is 14.8 Å². The Morgan fingerprint density at radius 3 is 2.20 bits per heavy atom. The summed E-state index contributed by atoms with van der Waals surface area (Å²) < 4.78 is 34.6. The van der Waals surface area contributed by atoms with Crippen LogP contribution in [0.4, 0.5) is 0 Å². The summed E-state index contributed by atoms with van der Waals surface area (Å²) in [6, 6.07) is 11.3. The van der Waals surface area contributed by atoms with Gasteiger partial charge in [-0.05, 0) is 74.6 Å². The lowest BCUT2D eigenvalue weighted by Crippen LogP contribution is -2.51. The Morgan fingerprint density at radius 2 is 1.54 bits per heavy atom. The van der Waals surface area contributed by atoms with Crippen LogP contribution in [0.3, 0.4) is 0 Å². The van der Waals surface area contributed by atoms with Crippen LogP contribution in [0.1, 0.15) is 38.5 Å². The van der Waals surface area contributed by atoms with Crippen molar-refractivity contribution in [3.8, 4) is 5.75 Å². The minimum atomic E-state index is -3.86. The van der Waals surface area contributed by atoms with Gasteiger partial charge in [-0.1, -0.05) is 34.8 Å². The van der Waals surface area contributed by atoms with E-state index in [-0.39, 0.29) is 40.4 Å². The second-order valence-corrected chi connectivity index (χ2v) is 12.7. The Morgan fingerprint density at radius 1 is 0.886 bits per heavy atom. The van der Waals surface area contributed by atoms with Crippen LogP contribution in [0.25, 0.3) is 0 Å². The van der Waals surface area contributed by atoms with Crippen LogP contribution in [0, 0.1) is 5.41 Å². The maximum atomic E-state index is 13.5. The molecule has 2 saturated heterocycles. The third kappa shape index (κ3) is 6.63. The molecule has 4 rings (SSSR count). The van der Waals surface area contributed by atoms with E-state index in [1.165, 1.54) is 22.5 Å². The molecular formula is C25H29Cl3N2O4S. The molecule has 6 nitrogen and oxygen atoms in total. The summed E-state index contributed by atoms with van der Waals surface area (Å²) in [5.41, 5.74) is -0.665. The monoisotopic (exact) mass is 558 g/mol. The quantitative estimate of drug-likeness (QED) is 0.424. The number of sulfonamides is 1. The standard InChI is InChI=1S/C25H29Cl3N2O4S/c26-19-5-7-22(8-6-19)34-18-25(16-24(31)29-10-2-1-3-11-29)9-4-12-30(17-25)35(32,33)23-14-20(27)13-21(28)15-23/h5-8,13-15H,1-4,9-12,16-18H2. The molecule has 2 fully saturated rings. The maximum Gasteiger partial charge on any atom is 0.243 e. The zero-order valence-corrected chi connectivity index (χ0v) is 22.5. The molecule has 1 unspecified atom stereocenters. The second kappa shape index (κ2) is 11.3. The highest BCUT2D eigenvalue weighted by molar-refractivity contribution is 7.89. The summed E-state index contributed by atoms with van der Waals surface area (Å²) >= 11 is 18.2. The van der Waals surface area contributed by atoms with Gasteiger partial charge in [0.05, 0.1) is 11.5 Å². The van der Waals surface area contributed by atoms with Gasteiger partial charge in [0.15, 0.2) is 0 Å². The van der Waals surface area contributed by atoms with Gasteiger partial charge < -0.3 is 9.64 Å². The number of rotatable bonds is 7. The number of halogens is 3. The van der Waals surface area contributed by atoms with Gasteiger partial charge in [0.2, 0.25) is 15.9 Å². The third-order valence-electron chi connectivity index (χ3n) is 6.69. The van der Waals surface area contributed by atoms with E-state index in [2.05, 4.69) is 0 Å². The van der Waals surface area contributed by atoms with E-state index in [1.807, 2.05) is 4.90 Å². The lowest BCUT2D eigenvalue weighted by atomic mass is 9.78. The molecule has 2 heterocycles. The molecule has 2 aromatic carbocycles. The fraction of sp³-hybridized carbons (Fsp3) is 0.480. The van der Waals surface area contributed by atoms with E-state index in [0.717, 1.165) is 32.4 Å². The third-order valence-corrected chi connectivity index (χ3v) is 9.21. The zero-order chi connectivity index (χ0) is 25.1. The molecule has 0 radical (unpaired) electrons. The average Bonchev–Trinajstić information content (AvgIpc) is 2.84. The van der Waals surface area contributed by atoms with E-state index in [0.29, 0.717) is 30.2 Å². The molecule has 10 heteroatoms. The minimum absolute atomic E-state index is 0.0479. The minimum Gasteiger partial charge on any atom is -0.493 e. The van der Waals surface area contributed by atoms with Crippen molar-refractivity contribution in [2.75, 3.05) is 32.8 Å². The van der Waals surface area contributed by atoms with Crippen LogP contribution >= 0.6 is 34.8 Å². The summed E-state index contributed by atoms with van der Waals surface area (Å²) in [7, 11) is -3.86. The Labute approximate surface area is 222 Å². The van der Waals surface area contributed by atoms with E-state index >= 15 is 0 Å². The molecular weight excluding hydrogens is 531 g/mol. The Hall–Kier alpha value is -1.51. The van der Waals surface area contributed by atoms with Crippen molar-refractivity contribution in [2.24, 2.45) is 5.41 Å². The summed E-state index contributed by atoms with van der Waals surface area (Å²) in [4.78, 5) is 15.2. The van der Waals surface area contributed by atoms with Gasteiger partial charge in [-0.3, -0.25) is 4.79 Å².